The van der Waals surface area contributed by atoms with Crippen LogP contribution in [0.15, 0.2) is 48.5 Å². The van der Waals surface area contributed by atoms with Crippen molar-refractivity contribution in [3.63, 3.8) is 0 Å². The molecule has 1 saturated heterocycles. The third-order valence-electron chi connectivity index (χ3n) is 4.38. The van der Waals surface area contributed by atoms with Crippen molar-refractivity contribution in [3.8, 4) is 5.75 Å². The topological polar surface area (TPSA) is 65.1 Å². The lowest BCUT2D eigenvalue weighted by Crippen LogP contribution is -2.44. The smallest absolute Gasteiger partial charge is 0.345 e. The molecule has 0 radical (unpaired) electrons. The zero-order valence-electron chi connectivity index (χ0n) is 15.6. The lowest BCUT2D eigenvalue weighted by Gasteiger charge is -2.30. The zero-order chi connectivity index (χ0) is 19.9. The average Bonchev–Trinajstić information content (AvgIpc) is 2.72. The van der Waals surface area contributed by atoms with E-state index in [4.69, 9.17) is 25.8 Å². The third-order valence-corrected chi connectivity index (χ3v) is 4.62. The van der Waals surface area contributed by atoms with Gasteiger partial charge in [-0.05, 0) is 30.7 Å². The number of benzene rings is 2. The molecule has 6 nitrogen and oxygen atoms in total. The van der Waals surface area contributed by atoms with Gasteiger partial charge in [-0.15, -0.1) is 0 Å². The van der Waals surface area contributed by atoms with Gasteiger partial charge in [0, 0.05) is 23.7 Å². The van der Waals surface area contributed by atoms with Crippen LogP contribution in [-0.2, 0) is 19.1 Å². The Balaban J connectivity index is 1.68. The van der Waals surface area contributed by atoms with Crippen molar-refractivity contribution >= 4 is 23.5 Å². The molecule has 1 aliphatic rings. The number of carbonyl (C=O) groups excluding carboxylic acids is 2. The number of amides is 1. The number of nitrogens with zero attached hydrogens (tertiary/aromatic N) is 1. The van der Waals surface area contributed by atoms with Crippen molar-refractivity contribution in [2.45, 2.75) is 13.0 Å². The normalized spacial score (nSPS) is 15.0. The fourth-order valence-corrected chi connectivity index (χ4v) is 3.14. The second-order valence-corrected chi connectivity index (χ2v) is 6.85. The molecule has 0 aliphatic carbocycles. The summed E-state index contributed by atoms with van der Waals surface area (Å²) in [7, 11) is 0. The van der Waals surface area contributed by atoms with Crippen molar-refractivity contribution in [3.05, 3.63) is 64.7 Å². The van der Waals surface area contributed by atoms with Crippen molar-refractivity contribution < 1.29 is 23.8 Å². The Morgan fingerprint density at radius 1 is 1.14 bits per heavy atom. The number of hydrogen-bond acceptors (Lipinski definition) is 5. The molecule has 7 heteroatoms. The van der Waals surface area contributed by atoms with Gasteiger partial charge in [-0.25, -0.2) is 4.79 Å². The fraction of sp³-hybridized carbons (Fsp3) is 0.333. The summed E-state index contributed by atoms with van der Waals surface area (Å²) in [5.74, 6) is -0.340. The summed E-state index contributed by atoms with van der Waals surface area (Å²) in [6.07, 6.45) is -1.01. The summed E-state index contributed by atoms with van der Waals surface area (Å²) in [6.45, 7) is 3.42. The van der Waals surface area contributed by atoms with Crippen molar-refractivity contribution in [1.82, 2.24) is 4.90 Å². The molecule has 28 heavy (non-hydrogen) atoms. The second-order valence-electron chi connectivity index (χ2n) is 6.42. The Hall–Kier alpha value is -2.57. The monoisotopic (exact) mass is 403 g/mol. The van der Waals surface area contributed by atoms with Gasteiger partial charge in [0.1, 0.15) is 5.75 Å². The Morgan fingerprint density at radius 3 is 2.54 bits per heavy atom. The van der Waals surface area contributed by atoms with E-state index in [0.29, 0.717) is 42.6 Å². The quantitative estimate of drug-likeness (QED) is 0.693. The van der Waals surface area contributed by atoms with E-state index in [1.54, 1.807) is 47.4 Å². The number of halogens is 1. The van der Waals surface area contributed by atoms with Crippen LogP contribution in [0.3, 0.4) is 0 Å². The Labute approximate surface area is 168 Å². The van der Waals surface area contributed by atoms with Gasteiger partial charge in [-0.3, -0.25) is 4.79 Å². The molecule has 0 N–H and O–H groups in total. The van der Waals surface area contributed by atoms with E-state index >= 15 is 0 Å². The first-order valence-corrected chi connectivity index (χ1v) is 9.42. The summed E-state index contributed by atoms with van der Waals surface area (Å²) in [5, 5.41) is 0.590. The molecule has 1 amide bonds. The van der Waals surface area contributed by atoms with Crippen molar-refractivity contribution in [2.75, 3.05) is 32.9 Å². The molecule has 2 aromatic carbocycles. The molecular formula is C21H22ClNO5. The van der Waals surface area contributed by atoms with Crippen LogP contribution in [0.2, 0.25) is 5.02 Å². The van der Waals surface area contributed by atoms with Crippen molar-refractivity contribution in [2.24, 2.45) is 0 Å². The molecule has 1 heterocycles. The summed E-state index contributed by atoms with van der Waals surface area (Å²) in [6, 6.07) is 14.1. The minimum absolute atomic E-state index is 0.259. The predicted octanol–water partition coefficient (Wildman–Crippen LogP) is 3.17. The maximum Gasteiger partial charge on any atom is 0.345 e. The molecule has 0 bridgehead atoms. The zero-order valence-corrected chi connectivity index (χ0v) is 16.4. The van der Waals surface area contributed by atoms with E-state index in [1.165, 1.54) is 0 Å². The number of esters is 1. The van der Waals surface area contributed by atoms with Crippen LogP contribution in [-0.4, -0.2) is 49.7 Å². The van der Waals surface area contributed by atoms with E-state index < -0.39 is 12.1 Å². The van der Waals surface area contributed by atoms with Crippen LogP contribution in [0, 0.1) is 6.92 Å². The highest BCUT2D eigenvalue weighted by Crippen LogP contribution is 2.23. The van der Waals surface area contributed by atoms with Crippen LogP contribution in [0.5, 0.6) is 5.75 Å². The minimum atomic E-state index is -1.01. The van der Waals surface area contributed by atoms with E-state index in [9.17, 15) is 9.59 Å². The van der Waals surface area contributed by atoms with Gasteiger partial charge in [0.2, 0.25) is 6.10 Å². The highest BCUT2D eigenvalue weighted by molar-refractivity contribution is 6.30. The van der Waals surface area contributed by atoms with Crippen LogP contribution in [0.4, 0.5) is 0 Å². The van der Waals surface area contributed by atoms with Crippen LogP contribution in [0.25, 0.3) is 0 Å². The molecule has 0 saturated carbocycles. The maximum absolute atomic E-state index is 12.9. The van der Waals surface area contributed by atoms with Gasteiger partial charge in [-0.2, -0.15) is 0 Å². The number of ether oxygens (including phenoxy) is 3. The van der Waals surface area contributed by atoms with Crippen LogP contribution in [0.1, 0.15) is 17.2 Å². The number of aryl methyl sites for hydroxylation is 1. The van der Waals surface area contributed by atoms with E-state index in [-0.39, 0.29) is 12.5 Å². The summed E-state index contributed by atoms with van der Waals surface area (Å²) >= 11 is 5.93. The molecular weight excluding hydrogens is 382 g/mol. The van der Waals surface area contributed by atoms with E-state index in [1.807, 2.05) is 13.0 Å². The lowest BCUT2D eigenvalue weighted by molar-refractivity contribution is -0.164. The van der Waals surface area contributed by atoms with Gasteiger partial charge >= 0.3 is 5.97 Å². The Morgan fingerprint density at radius 2 is 1.86 bits per heavy atom. The SMILES string of the molecule is Cc1cc(Cl)ccc1OCC(=O)O[C@@H](C(=O)N1CCOCC1)c1ccccc1. The first kappa shape index (κ1) is 20.2. The lowest BCUT2D eigenvalue weighted by atomic mass is 10.1. The fourth-order valence-electron chi connectivity index (χ4n) is 2.92. The van der Waals surface area contributed by atoms with Gasteiger partial charge in [0.25, 0.3) is 5.91 Å². The first-order valence-electron chi connectivity index (χ1n) is 9.04. The third kappa shape index (κ3) is 5.24. The largest absolute Gasteiger partial charge is 0.482 e. The maximum atomic E-state index is 12.9. The molecule has 148 valence electrons. The van der Waals surface area contributed by atoms with Gasteiger partial charge < -0.3 is 19.1 Å². The van der Waals surface area contributed by atoms with Crippen molar-refractivity contribution in [1.29, 1.82) is 0 Å². The number of rotatable bonds is 6. The number of hydrogen-bond donors (Lipinski definition) is 0. The van der Waals surface area contributed by atoms with E-state index in [2.05, 4.69) is 0 Å². The Bertz CT molecular complexity index is 821. The highest BCUT2D eigenvalue weighted by Gasteiger charge is 2.30. The van der Waals surface area contributed by atoms with Crippen LogP contribution < -0.4 is 4.74 Å². The highest BCUT2D eigenvalue weighted by atomic mass is 35.5. The van der Waals surface area contributed by atoms with E-state index in [0.717, 1.165) is 5.56 Å². The molecule has 2 aromatic rings. The molecule has 1 atom stereocenters. The predicted molar refractivity (Wildman–Crippen MR) is 104 cm³/mol. The molecule has 0 spiro atoms. The number of carbonyl (C=O) groups is 2. The Kier molecular flexibility index (Phi) is 6.90. The average molecular weight is 404 g/mol. The van der Waals surface area contributed by atoms with Gasteiger partial charge in [-0.1, -0.05) is 41.9 Å². The molecule has 1 aliphatic heterocycles. The standard InChI is InChI=1S/C21H22ClNO5/c1-15-13-17(22)7-8-18(15)27-14-19(24)28-20(16-5-3-2-4-6-16)21(25)23-9-11-26-12-10-23/h2-8,13,20H,9-12,14H2,1H3/t20-/m1/s1. The molecule has 0 unspecified atom stereocenters. The minimum Gasteiger partial charge on any atom is -0.482 e. The first-order chi connectivity index (χ1) is 13.5. The summed E-state index contributed by atoms with van der Waals surface area (Å²) < 4.78 is 16.3. The van der Waals surface area contributed by atoms with Crippen LogP contribution >= 0.6 is 11.6 Å². The molecule has 3 rings (SSSR count). The van der Waals surface area contributed by atoms with Gasteiger partial charge in [0.05, 0.1) is 13.2 Å². The number of morpholine rings is 1. The second kappa shape index (κ2) is 9.57. The summed E-state index contributed by atoms with van der Waals surface area (Å²) in [4.78, 5) is 27.0. The molecule has 1 fully saturated rings. The van der Waals surface area contributed by atoms with Gasteiger partial charge in [0.15, 0.2) is 6.61 Å². The summed E-state index contributed by atoms with van der Waals surface area (Å²) in [5.41, 5.74) is 1.43. The molecule has 0 aromatic heterocycles.